The van der Waals surface area contributed by atoms with Crippen molar-refractivity contribution in [2.75, 3.05) is 30.7 Å². The lowest BCUT2D eigenvalue weighted by molar-refractivity contribution is -0.113. The average Bonchev–Trinajstić information content (AvgIpc) is 3.11. The van der Waals surface area contributed by atoms with Crippen molar-refractivity contribution in [3.8, 4) is 0 Å². The van der Waals surface area contributed by atoms with Crippen LogP contribution >= 0.6 is 27.7 Å². The number of nitrogens with zero attached hydrogens (tertiary/aromatic N) is 3. The van der Waals surface area contributed by atoms with E-state index in [1.165, 1.54) is 23.9 Å². The lowest BCUT2D eigenvalue weighted by Crippen LogP contribution is -2.41. The smallest absolute Gasteiger partial charge is 0.234 e. The first kappa shape index (κ1) is 22.2. The summed E-state index contributed by atoms with van der Waals surface area (Å²) >= 11 is 4.86. The molecule has 0 bridgehead atoms. The molecule has 0 aliphatic carbocycles. The van der Waals surface area contributed by atoms with Gasteiger partial charge in [0.25, 0.3) is 0 Å². The molecule has 1 saturated heterocycles. The van der Waals surface area contributed by atoms with E-state index >= 15 is 0 Å². The summed E-state index contributed by atoms with van der Waals surface area (Å²) < 4.78 is 14.4. The number of carbonyl (C=O) groups excluding carboxylic acids is 1. The maximum absolute atomic E-state index is 13.4. The maximum Gasteiger partial charge on any atom is 0.234 e. The molecule has 0 unspecified atom stereocenters. The van der Waals surface area contributed by atoms with Crippen LogP contribution in [0.5, 0.6) is 0 Å². The fourth-order valence-corrected chi connectivity index (χ4v) is 4.91. The molecule has 31 heavy (non-hydrogen) atoms. The number of hydrogen-bond acceptors (Lipinski definition) is 5. The fraction of sp³-hybridized carbons (Fsp3) is 0.348. The molecule has 4 rings (SSSR count). The topological polar surface area (TPSA) is 57.1 Å². The van der Waals surface area contributed by atoms with E-state index < -0.39 is 5.66 Å². The lowest BCUT2D eigenvalue weighted by Gasteiger charge is -2.34. The first-order valence-corrected chi connectivity index (χ1v) is 12.1. The minimum atomic E-state index is -0.435. The third kappa shape index (κ3) is 5.42. The van der Waals surface area contributed by atoms with Gasteiger partial charge in [0.15, 0.2) is 5.66 Å². The van der Waals surface area contributed by atoms with Crippen LogP contribution in [-0.2, 0) is 4.79 Å². The van der Waals surface area contributed by atoms with Crippen molar-refractivity contribution in [3.05, 3.63) is 64.4 Å². The molecule has 162 valence electrons. The van der Waals surface area contributed by atoms with E-state index in [1.807, 2.05) is 24.3 Å². The van der Waals surface area contributed by atoms with Gasteiger partial charge < -0.3 is 10.2 Å². The van der Waals surface area contributed by atoms with Gasteiger partial charge in [0, 0.05) is 41.7 Å². The third-order valence-corrected chi connectivity index (χ3v) is 7.00. The van der Waals surface area contributed by atoms with Crippen molar-refractivity contribution in [3.63, 3.8) is 0 Å². The predicted octanol–water partition coefficient (Wildman–Crippen LogP) is 4.97. The van der Waals surface area contributed by atoms with Crippen LogP contribution in [0.4, 0.5) is 10.1 Å². The van der Waals surface area contributed by atoms with E-state index in [2.05, 4.69) is 33.1 Å². The van der Waals surface area contributed by atoms with Gasteiger partial charge in [0.2, 0.25) is 5.91 Å². The summed E-state index contributed by atoms with van der Waals surface area (Å²) in [7, 11) is 0. The van der Waals surface area contributed by atoms with E-state index in [4.69, 9.17) is 9.98 Å². The number of nitrogens with one attached hydrogen (secondary N) is 1. The first-order valence-electron chi connectivity index (χ1n) is 10.3. The van der Waals surface area contributed by atoms with Crippen LogP contribution in [0.25, 0.3) is 0 Å². The zero-order chi connectivity index (χ0) is 21.8. The molecular formula is C23H24BrFN4OS. The fourth-order valence-electron chi connectivity index (χ4n) is 3.77. The van der Waals surface area contributed by atoms with E-state index in [0.717, 1.165) is 53.3 Å². The molecule has 1 fully saturated rings. The highest BCUT2D eigenvalue weighted by Gasteiger charge is 2.39. The number of likely N-dealkylation sites (tertiary alicyclic amines) is 1. The second-order valence-electron chi connectivity index (χ2n) is 7.65. The highest BCUT2D eigenvalue weighted by molar-refractivity contribution is 9.10. The molecular weight excluding hydrogens is 479 g/mol. The number of carbonyl (C=O) groups is 1. The van der Waals surface area contributed by atoms with Crippen molar-refractivity contribution < 1.29 is 9.18 Å². The summed E-state index contributed by atoms with van der Waals surface area (Å²) in [6, 6.07) is 13.9. The first-order chi connectivity index (χ1) is 15.0. The van der Waals surface area contributed by atoms with Gasteiger partial charge in [-0.1, -0.05) is 52.8 Å². The Morgan fingerprint density at radius 2 is 1.94 bits per heavy atom. The predicted molar refractivity (Wildman–Crippen MR) is 130 cm³/mol. The van der Waals surface area contributed by atoms with Gasteiger partial charge in [0.1, 0.15) is 10.9 Å². The van der Waals surface area contributed by atoms with Crippen LogP contribution in [-0.4, -0.2) is 52.6 Å². The van der Waals surface area contributed by atoms with Gasteiger partial charge in [-0.15, -0.1) is 0 Å². The number of thioether (sulfide) groups is 1. The number of aliphatic imine (C=N–C) groups is 2. The second-order valence-corrected chi connectivity index (χ2v) is 9.53. The van der Waals surface area contributed by atoms with Crippen molar-refractivity contribution in [1.29, 1.82) is 0 Å². The number of benzene rings is 2. The van der Waals surface area contributed by atoms with Gasteiger partial charge in [0.05, 0.1) is 11.5 Å². The molecule has 2 aromatic carbocycles. The van der Waals surface area contributed by atoms with E-state index in [1.54, 1.807) is 12.1 Å². The number of halogens is 2. The SMILES string of the molecule is CCN1CCC2(CC1)N=C(SCC(=O)Nc1cccc(F)c1)C(c1ccc(Br)cc1)=N2. The van der Waals surface area contributed by atoms with E-state index in [9.17, 15) is 9.18 Å². The standard InChI is InChI=1S/C23H24BrFN4OS/c1-2-29-12-10-23(11-13-29)27-21(16-6-8-17(24)9-7-16)22(28-23)31-15-20(30)26-19-5-3-4-18(25)14-19/h3-9,14H,2,10-13,15H2,1H3,(H,26,30). The third-order valence-electron chi connectivity index (χ3n) is 5.50. The number of amides is 1. The Morgan fingerprint density at radius 3 is 2.61 bits per heavy atom. The Morgan fingerprint density at radius 1 is 1.19 bits per heavy atom. The summed E-state index contributed by atoms with van der Waals surface area (Å²) in [6.45, 7) is 5.14. The molecule has 2 aliphatic heterocycles. The number of hydrogen-bond donors (Lipinski definition) is 1. The molecule has 1 spiro atoms. The molecule has 1 amide bonds. The highest BCUT2D eigenvalue weighted by Crippen LogP contribution is 2.35. The Labute approximate surface area is 194 Å². The molecule has 2 heterocycles. The van der Waals surface area contributed by atoms with Crippen LogP contribution < -0.4 is 5.32 Å². The molecule has 0 radical (unpaired) electrons. The monoisotopic (exact) mass is 502 g/mol. The van der Waals surface area contributed by atoms with Crippen LogP contribution in [0, 0.1) is 5.82 Å². The van der Waals surface area contributed by atoms with Crippen LogP contribution in [0.15, 0.2) is 63.0 Å². The minimum Gasteiger partial charge on any atom is -0.325 e. The largest absolute Gasteiger partial charge is 0.325 e. The number of rotatable bonds is 5. The van der Waals surface area contributed by atoms with Gasteiger partial charge in [-0.05, 0) is 36.9 Å². The Hall–Kier alpha value is -2.03. The van der Waals surface area contributed by atoms with Crippen LogP contribution in [0.3, 0.4) is 0 Å². The highest BCUT2D eigenvalue weighted by atomic mass is 79.9. The zero-order valence-corrected chi connectivity index (χ0v) is 19.7. The Balaban J connectivity index is 1.50. The van der Waals surface area contributed by atoms with Crippen molar-refractivity contribution in [2.45, 2.75) is 25.4 Å². The molecule has 1 N–H and O–H groups in total. The van der Waals surface area contributed by atoms with Crippen LogP contribution in [0.1, 0.15) is 25.3 Å². The molecule has 0 aromatic heterocycles. The van der Waals surface area contributed by atoms with Gasteiger partial charge in [-0.2, -0.15) is 0 Å². The lowest BCUT2D eigenvalue weighted by atomic mass is 9.98. The van der Waals surface area contributed by atoms with Gasteiger partial charge in [-0.3, -0.25) is 9.79 Å². The zero-order valence-electron chi connectivity index (χ0n) is 17.3. The Bertz CT molecular complexity index is 1020. The van der Waals surface area contributed by atoms with E-state index in [0.29, 0.717) is 5.69 Å². The second kappa shape index (κ2) is 9.63. The number of anilines is 1. The molecule has 5 nitrogen and oxygen atoms in total. The molecule has 2 aromatic rings. The van der Waals surface area contributed by atoms with E-state index in [-0.39, 0.29) is 17.5 Å². The van der Waals surface area contributed by atoms with Gasteiger partial charge >= 0.3 is 0 Å². The average molecular weight is 503 g/mol. The summed E-state index contributed by atoms with van der Waals surface area (Å²) in [6.07, 6.45) is 1.75. The van der Waals surface area contributed by atoms with Crippen LogP contribution in [0.2, 0.25) is 0 Å². The quantitative estimate of drug-likeness (QED) is 0.627. The number of piperidine rings is 1. The summed E-state index contributed by atoms with van der Waals surface area (Å²) in [5.41, 5.74) is 1.86. The summed E-state index contributed by atoms with van der Waals surface area (Å²) in [5.74, 6) is -0.395. The summed E-state index contributed by atoms with van der Waals surface area (Å²) in [4.78, 5) is 25.0. The minimum absolute atomic E-state index is 0.183. The molecule has 8 heteroatoms. The molecule has 0 saturated carbocycles. The van der Waals surface area contributed by atoms with Crippen molar-refractivity contribution >= 4 is 50.0 Å². The Kier molecular flexibility index (Phi) is 6.89. The maximum atomic E-state index is 13.4. The normalized spacial score (nSPS) is 18.0. The van der Waals surface area contributed by atoms with Crippen molar-refractivity contribution in [1.82, 2.24) is 4.90 Å². The van der Waals surface area contributed by atoms with Gasteiger partial charge in [-0.25, -0.2) is 9.38 Å². The summed E-state index contributed by atoms with van der Waals surface area (Å²) in [5, 5.41) is 3.54. The van der Waals surface area contributed by atoms with Crippen molar-refractivity contribution in [2.24, 2.45) is 9.98 Å². The molecule has 2 aliphatic rings. The molecule has 0 atom stereocenters.